The average molecular weight is 423 g/mol. The molecule has 2 aromatic carbocycles. The number of para-hydroxylation sites is 1. The van der Waals surface area contributed by atoms with Gasteiger partial charge in [-0.1, -0.05) is 30.0 Å². The van der Waals surface area contributed by atoms with Crippen LogP contribution in [-0.2, 0) is 4.79 Å². The number of amides is 1. The van der Waals surface area contributed by atoms with Gasteiger partial charge in [0.05, 0.1) is 19.0 Å². The molecule has 1 aromatic heterocycles. The summed E-state index contributed by atoms with van der Waals surface area (Å²) in [7, 11) is 0. The molecule has 0 spiro atoms. The number of benzene rings is 2. The van der Waals surface area contributed by atoms with Crippen LogP contribution in [0.3, 0.4) is 0 Å². The molecule has 1 amide bonds. The SMILES string of the molecule is O=C(CSc1nnc(-c2ccc3c(c2)OCCCO3)n1-c1ccccc1)NC1CC1. The first kappa shape index (κ1) is 19.0. The van der Waals surface area contributed by atoms with Gasteiger partial charge in [0.1, 0.15) is 0 Å². The molecule has 0 saturated heterocycles. The van der Waals surface area contributed by atoms with E-state index < -0.39 is 0 Å². The largest absolute Gasteiger partial charge is 0.490 e. The number of nitrogens with one attached hydrogen (secondary N) is 1. The van der Waals surface area contributed by atoms with E-state index in [2.05, 4.69) is 15.5 Å². The number of fused-ring (bicyclic) bond motifs is 1. The minimum Gasteiger partial charge on any atom is -0.490 e. The van der Waals surface area contributed by atoms with Gasteiger partial charge < -0.3 is 14.8 Å². The Hall–Kier alpha value is -3.00. The first-order valence-corrected chi connectivity index (χ1v) is 11.1. The third-order valence-electron chi connectivity index (χ3n) is 4.93. The zero-order valence-corrected chi connectivity index (χ0v) is 17.2. The summed E-state index contributed by atoms with van der Waals surface area (Å²) >= 11 is 1.39. The lowest BCUT2D eigenvalue weighted by Gasteiger charge is -2.12. The number of hydrogen-bond donors (Lipinski definition) is 1. The van der Waals surface area contributed by atoms with Crippen LogP contribution in [0.4, 0.5) is 0 Å². The van der Waals surface area contributed by atoms with Gasteiger partial charge in [-0.25, -0.2) is 0 Å². The molecule has 0 unspecified atom stereocenters. The topological polar surface area (TPSA) is 78.3 Å². The molecule has 5 rings (SSSR count). The molecule has 1 saturated carbocycles. The van der Waals surface area contributed by atoms with E-state index in [4.69, 9.17) is 9.47 Å². The van der Waals surface area contributed by atoms with Gasteiger partial charge in [0.2, 0.25) is 5.91 Å². The van der Waals surface area contributed by atoms with Crippen molar-refractivity contribution in [1.29, 1.82) is 0 Å². The van der Waals surface area contributed by atoms with Crippen molar-refractivity contribution in [3.8, 4) is 28.6 Å². The second-order valence-corrected chi connectivity index (χ2v) is 8.26. The van der Waals surface area contributed by atoms with Crippen LogP contribution < -0.4 is 14.8 Å². The van der Waals surface area contributed by atoms with E-state index in [0.717, 1.165) is 36.3 Å². The molecule has 8 heteroatoms. The van der Waals surface area contributed by atoms with E-state index in [1.54, 1.807) is 0 Å². The number of thioether (sulfide) groups is 1. The van der Waals surface area contributed by atoms with Crippen molar-refractivity contribution in [3.63, 3.8) is 0 Å². The molecule has 0 bridgehead atoms. The van der Waals surface area contributed by atoms with E-state index in [0.29, 0.717) is 41.7 Å². The standard InChI is InChI=1S/C22H22N4O3S/c27-20(23-16-8-9-16)14-30-22-25-24-21(26(22)17-5-2-1-3-6-17)15-7-10-18-19(13-15)29-12-4-11-28-18/h1-3,5-7,10,13,16H,4,8-9,11-12,14H2,(H,23,27). The van der Waals surface area contributed by atoms with Crippen molar-refractivity contribution in [3.05, 3.63) is 48.5 Å². The highest BCUT2D eigenvalue weighted by Crippen LogP contribution is 2.35. The first-order valence-electron chi connectivity index (χ1n) is 10.1. The Labute approximate surface area is 178 Å². The van der Waals surface area contributed by atoms with Crippen LogP contribution in [0.1, 0.15) is 19.3 Å². The number of rotatable bonds is 6. The van der Waals surface area contributed by atoms with Gasteiger partial charge in [-0.3, -0.25) is 9.36 Å². The maximum atomic E-state index is 12.2. The van der Waals surface area contributed by atoms with Crippen molar-refractivity contribution >= 4 is 17.7 Å². The highest BCUT2D eigenvalue weighted by atomic mass is 32.2. The monoisotopic (exact) mass is 422 g/mol. The summed E-state index contributed by atoms with van der Waals surface area (Å²) in [5.74, 6) is 2.49. The van der Waals surface area contributed by atoms with Crippen molar-refractivity contribution < 1.29 is 14.3 Å². The summed E-state index contributed by atoms with van der Waals surface area (Å²) < 4.78 is 13.6. The fourth-order valence-electron chi connectivity index (χ4n) is 3.29. The number of aromatic nitrogens is 3. The van der Waals surface area contributed by atoms with Gasteiger partial charge in [0, 0.05) is 23.7 Å². The lowest BCUT2D eigenvalue weighted by molar-refractivity contribution is -0.118. The van der Waals surface area contributed by atoms with Gasteiger partial charge in [0.15, 0.2) is 22.5 Å². The fraction of sp³-hybridized carbons (Fsp3) is 0.318. The minimum atomic E-state index is 0.0299. The molecule has 2 heterocycles. The Morgan fingerprint density at radius 3 is 2.67 bits per heavy atom. The smallest absolute Gasteiger partial charge is 0.230 e. The van der Waals surface area contributed by atoms with E-state index in [1.165, 1.54) is 11.8 Å². The Balaban J connectivity index is 1.48. The quantitative estimate of drug-likeness (QED) is 0.613. The summed E-state index contributed by atoms with van der Waals surface area (Å²) in [6.45, 7) is 1.27. The predicted octanol–water partition coefficient (Wildman–Crippen LogP) is 3.47. The molecule has 0 atom stereocenters. The molecular weight excluding hydrogens is 400 g/mol. The predicted molar refractivity (Wildman–Crippen MR) is 114 cm³/mol. The molecule has 7 nitrogen and oxygen atoms in total. The van der Waals surface area contributed by atoms with Crippen LogP contribution in [0.25, 0.3) is 17.1 Å². The van der Waals surface area contributed by atoms with Crippen LogP contribution in [0.5, 0.6) is 11.5 Å². The van der Waals surface area contributed by atoms with E-state index in [-0.39, 0.29) is 5.91 Å². The molecule has 3 aromatic rings. The number of hydrogen-bond acceptors (Lipinski definition) is 6. The molecular formula is C22H22N4O3S. The number of ether oxygens (including phenoxy) is 2. The maximum absolute atomic E-state index is 12.2. The number of carbonyl (C=O) groups excluding carboxylic acids is 1. The summed E-state index contributed by atoms with van der Waals surface area (Å²) in [5.41, 5.74) is 1.82. The summed E-state index contributed by atoms with van der Waals surface area (Å²) in [5, 5.41) is 12.5. The van der Waals surface area contributed by atoms with Crippen molar-refractivity contribution in [1.82, 2.24) is 20.1 Å². The van der Waals surface area contributed by atoms with Gasteiger partial charge >= 0.3 is 0 Å². The average Bonchev–Trinajstić information content (AvgIpc) is 3.53. The van der Waals surface area contributed by atoms with Crippen LogP contribution in [-0.4, -0.2) is 45.7 Å². The Kier molecular flexibility index (Phi) is 5.31. The second-order valence-electron chi connectivity index (χ2n) is 7.32. The molecule has 1 fully saturated rings. The van der Waals surface area contributed by atoms with Crippen molar-refractivity contribution in [2.24, 2.45) is 0 Å². The fourth-order valence-corrected chi connectivity index (χ4v) is 4.05. The Bertz CT molecular complexity index is 1050. The zero-order valence-electron chi connectivity index (χ0n) is 16.4. The molecule has 0 radical (unpaired) electrons. The first-order chi connectivity index (χ1) is 14.8. The molecule has 154 valence electrons. The summed E-state index contributed by atoms with van der Waals surface area (Å²) in [6, 6.07) is 16.1. The van der Waals surface area contributed by atoms with Crippen LogP contribution in [0, 0.1) is 0 Å². The Morgan fingerprint density at radius 1 is 1.07 bits per heavy atom. The normalized spacial score (nSPS) is 15.5. The highest BCUT2D eigenvalue weighted by Gasteiger charge is 2.24. The Morgan fingerprint density at radius 2 is 1.87 bits per heavy atom. The van der Waals surface area contributed by atoms with Gasteiger partial charge in [-0.15, -0.1) is 10.2 Å². The van der Waals surface area contributed by atoms with Crippen molar-refractivity contribution in [2.75, 3.05) is 19.0 Å². The van der Waals surface area contributed by atoms with E-state index >= 15 is 0 Å². The molecule has 30 heavy (non-hydrogen) atoms. The lowest BCUT2D eigenvalue weighted by Crippen LogP contribution is -2.27. The number of carbonyl (C=O) groups is 1. The minimum absolute atomic E-state index is 0.0299. The van der Waals surface area contributed by atoms with Crippen LogP contribution in [0.15, 0.2) is 53.7 Å². The van der Waals surface area contributed by atoms with E-state index in [9.17, 15) is 4.79 Å². The lowest BCUT2D eigenvalue weighted by atomic mass is 10.2. The van der Waals surface area contributed by atoms with E-state index in [1.807, 2.05) is 53.1 Å². The third-order valence-corrected chi connectivity index (χ3v) is 5.86. The van der Waals surface area contributed by atoms with Gasteiger partial charge in [-0.05, 0) is 43.2 Å². The molecule has 1 N–H and O–H groups in total. The second kappa shape index (κ2) is 8.39. The summed E-state index contributed by atoms with van der Waals surface area (Å²) in [6.07, 6.45) is 3.00. The number of nitrogens with zero attached hydrogens (tertiary/aromatic N) is 3. The van der Waals surface area contributed by atoms with Crippen molar-refractivity contribution in [2.45, 2.75) is 30.5 Å². The van der Waals surface area contributed by atoms with Crippen LogP contribution >= 0.6 is 11.8 Å². The molecule has 1 aliphatic heterocycles. The third kappa shape index (κ3) is 4.14. The zero-order chi connectivity index (χ0) is 20.3. The highest BCUT2D eigenvalue weighted by molar-refractivity contribution is 7.99. The maximum Gasteiger partial charge on any atom is 0.230 e. The summed E-state index contributed by atoms with van der Waals surface area (Å²) in [4.78, 5) is 12.2. The van der Waals surface area contributed by atoms with Crippen LogP contribution in [0.2, 0.25) is 0 Å². The molecule has 1 aliphatic carbocycles. The van der Waals surface area contributed by atoms with Gasteiger partial charge in [-0.2, -0.15) is 0 Å². The van der Waals surface area contributed by atoms with Gasteiger partial charge in [0.25, 0.3) is 0 Å². The molecule has 2 aliphatic rings.